The third-order valence-corrected chi connectivity index (χ3v) is 4.07. The summed E-state index contributed by atoms with van der Waals surface area (Å²) in [6.45, 7) is 0.244. The fraction of sp³-hybridized carbons (Fsp3) is 0.357. The van der Waals surface area contributed by atoms with Gasteiger partial charge < -0.3 is 10.0 Å². The standard InChI is InChI=1S/C14H16N2O3S/c1-16(9-8-14(18)19)13(17)7-6-12-15-10-4-2-3-5-11(10)20-12/h2-5H,6-9H2,1H3,(H,18,19). The predicted molar refractivity (Wildman–Crippen MR) is 77.8 cm³/mol. The van der Waals surface area contributed by atoms with Crippen LogP contribution in [-0.2, 0) is 16.0 Å². The maximum Gasteiger partial charge on any atom is 0.305 e. The maximum atomic E-state index is 11.9. The second-order valence-corrected chi connectivity index (χ2v) is 5.65. The third kappa shape index (κ3) is 3.77. The molecule has 0 saturated heterocycles. The van der Waals surface area contributed by atoms with E-state index in [0.29, 0.717) is 12.8 Å². The van der Waals surface area contributed by atoms with Crippen molar-refractivity contribution in [3.8, 4) is 0 Å². The Labute approximate surface area is 120 Å². The number of hydrogen-bond donors (Lipinski definition) is 1. The average Bonchev–Trinajstić information content (AvgIpc) is 2.84. The van der Waals surface area contributed by atoms with E-state index < -0.39 is 5.97 Å². The highest BCUT2D eigenvalue weighted by Gasteiger charge is 2.12. The van der Waals surface area contributed by atoms with Crippen molar-refractivity contribution in [3.63, 3.8) is 0 Å². The normalized spacial score (nSPS) is 10.7. The van der Waals surface area contributed by atoms with Crippen LogP contribution in [0.1, 0.15) is 17.8 Å². The van der Waals surface area contributed by atoms with Gasteiger partial charge in [-0.25, -0.2) is 4.98 Å². The molecule has 0 unspecified atom stereocenters. The second kappa shape index (κ2) is 6.47. The Morgan fingerprint density at radius 1 is 1.30 bits per heavy atom. The van der Waals surface area contributed by atoms with Gasteiger partial charge in [-0.1, -0.05) is 12.1 Å². The first kappa shape index (κ1) is 14.5. The van der Waals surface area contributed by atoms with Gasteiger partial charge in [-0.15, -0.1) is 11.3 Å². The summed E-state index contributed by atoms with van der Waals surface area (Å²) in [6, 6.07) is 7.87. The topological polar surface area (TPSA) is 70.5 Å². The number of carboxylic acids is 1. The van der Waals surface area contributed by atoms with Crippen LogP contribution in [0.2, 0.25) is 0 Å². The Morgan fingerprint density at radius 3 is 2.75 bits per heavy atom. The SMILES string of the molecule is CN(CCC(=O)O)C(=O)CCc1nc2ccccc2s1. The Balaban J connectivity index is 1.87. The number of amides is 1. The zero-order valence-corrected chi connectivity index (χ0v) is 12.0. The summed E-state index contributed by atoms with van der Waals surface area (Å²) in [6.07, 6.45) is 0.926. The number of thiazole rings is 1. The number of aliphatic carboxylic acids is 1. The molecule has 0 fully saturated rings. The van der Waals surface area contributed by atoms with Gasteiger partial charge >= 0.3 is 5.97 Å². The molecule has 5 nitrogen and oxygen atoms in total. The fourth-order valence-corrected chi connectivity index (χ4v) is 2.79. The van der Waals surface area contributed by atoms with Crippen LogP contribution < -0.4 is 0 Å². The molecule has 0 aliphatic heterocycles. The number of para-hydroxylation sites is 1. The van der Waals surface area contributed by atoms with E-state index >= 15 is 0 Å². The average molecular weight is 292 g/mol. The predicted octanol–water partition coefficient (Wildman–Crippen LogP) is 2.16. The molecule has 0 saturated carbocycles. The Bertz CT molecular complexity index is 591. The summed E-state index contributed by atoms with van der Waals surface area (Å²) in [5.74, 6) is -0.943. The molecule has 1 heterocycles. The molecular formula is C14H16N2O3S. The monoisotopic (exact) mass is 292 g/mol. The minimum absolute atomic E-state index is 0.0244. The van der Waals surface area contributed by atoms with Crippen molar-refractivity contribution in [3.05, 3.63) is 29.3 Å². The Morgan fingerprint density at radius 2 is 2.05 bits per heavy atom. The maximum absolute atomic E-state index is 11.9. The van der Waals surface area contributed by atoms with E-state index in [4.69, 9.17) is 5.11 Å². The van der Waals surface area contributed by atoms with E-state index in [2.05, 4.69) is 4.98 Å². The third-order valence-electron chi connectivity index (χ3n) is 2.98. The second-order valence-electron chi connectivity index (χ2n) is 4.53. The number of nitrogens with zero attached hydrogens (tertiary/aromatic N) is 2. The van der Waals surface area contributed by atoms with Gasteiger partial charge in [-0.05, 0) is 12.1 Å². The van der Waals surface area contributed by atoms with Gasteiger partial charge in [-0.2, -0.15) is 0 Å². The van der Waals surface area contributed by atoms with Crippen molar-refractivity contribution in [1.29, 1.82) is 0 Å². The number of aromatic nitrogens is 1. The van der Waals surface area contributed by atoms with Gasteiger partial charge in [0.15, 0.2) is 0 Å². The van der Waals surface area contributed by atoms with Crippen molar-refractivity contribution in [2.24, 2.45) is 0 Å². The lowest BCUT2D eigenvalue weighted by molar-refractivity contribution is -0.138. The van der Waals surface area contributed by atoms with E-state index in [1.807, 2.05) is 24.3 Å². The van der Waals surface area contributed by atoms with Crippen LogP contribution in [0.4, 0.5) is 0 Å². The zero-order valence-electron chi connectivity index (χ0n) is 11.2. The first-order valence-corrected chi connectivity index (χ1v) is 7.18. The van der Waals surface area contributed by atoms with Crippen molar-refractivity contribution in [2.75, 3.05) is 13.6 Å². The number of fused-ring (bicyclic) bond motifs is 1. The number of aryl methyl sites for hydroxylation is 1. The number of carboxylic acid groups (broad SMARTS) is 1. The van der Waals surface area contributed by atoms with E-state index in [-0.39, 0.29) is 18.9 Å². The summed E-state index contributed by atoms with van der Waals surface area (Å²) >= 11 is 1.59. The van der Waals surface area contributed by atoms with Gasteiger partial charge in [0.2, 0.25) is 5.91 Å². The molecule has 0 aliphatic carbocycles. The van der Waals surface area contributed by atoms with E-state index in [1.54, 1.807) is 18.4 Å². The van der Waals surface area contributed by atoms with E-state index in [0.717, 1.165) is 15.2 Å². The van der Waals surface area contributed by atoms with Crippen LogP contribution in [0.15, 0.2) is 24.3 Å². The lowest BCUT2D eigenvalue weighted by atomic mass is 10.2. The highest BCUT2D eigenvalue weighted by Crippen LogP contribution is 2.22. The van der Waals surface area contributed by atoms with Crippen LogP contribution in [0.3, 0.4) is 0 Å². The lowest BCUT2D eigenvalue weighted by Gasteiger charge is -2.15. The molecule has 6 heteroatoms. The summed E-state index contributed by atoms with van der Waals surface area (Å²) < 4.78 is 1.12. The molecule has 0 spiro atoms. The van der Waals surface area contributed by atoms with Crippen molar-refractivity contribution in [2.45, 2.75) is 19.3 Å². The molecule has 2 rings (SSSR count). The molecule has 0 bridgehead atoms. The van der Waals surface area contributed by atoms with Crippen molar-refractivity contribution in [1.82, 2.24) is 9.88 Å². The molecule has 20 heavy (non-hydrogen) atoms. The Kier molecular flexibility index (Phi) is 4.68. The quantitative estimate of drug-likeness (QED) is 0.885. The molecule has 1 aromatic carbocycles. The molecule has 1 aromatic heterocycles. The number of hydrogen-bond acceptors (Lipinski definition) is 4. The highest BCUT2D eigenvalue weighted by atomic mass is 32.1. The van der Waals surface area contributed by atoms with Crippen LogP contribution in [0.5, 0.6) is 0 Å². The summed E-state index contributed by atoms with van der Waals surface area (Å²) in [4.78, 5) is 28.2. The van der Waals surface area contributed by atoms with Crippen LogP contribution in [0, 0.1) is 0 Å². The van der Waals surface area contributed by atoms with E-state index in [1.165, 1.54) is 4.90 Å². The Hall–Kier alpha value is -1.95. The van der Waals surface area contributed by atoms with Crippen LogP contribution >= 0.6 is 11.3 Å². The smallest absolute Gasteiger partial charge is 0.305 e. The zero-order chi connectivity index (χ0) is 14.5. The minimum atomic E-state index is -0.893. The largest absolute Gasteiger partial charge is 0.481 e. The molecule has 0 radical (unpaired) electrons. The number of carbonyl (C=O) groups is 2. The molecular weight excluding hydrogens is 276 g/mol. The van der Waals surface area contributed by atoms with Crippen molar-refractivity contribution >= 4 is 33.4 Å². The molecule has 0 aliphatic rings. The molecule has 106 valence electrons. The van der Waals surface area contributed by atoms with Gasteiger partial charge in [0, 0.05) is 26.4 Å². The van der Waals surface area contributed by atoms with Gasteiger partial charge in [0.25, 0.3) is 0 Å². The first-order valence-electron chi connectivity index (χ1n) is 6.36. The lowest BCUT2D eigenvalue weighted by Crippen LogP contribution is -2.29. The molecule has 2 aromatic rings. The summed E-state index contributed by atoms with van der Waals surface area (Å²) in [7, 11) is 1.63. The van der Waals surface area contributed by atoms with Gasteiger partial charge in [0.1, 0.15) is 0 Å². The van der Waals surface area contributed by atoms with Gasteiger partial charge in [-0.3, -0.25) is 9.59 Å². The summed E-state index contributed by atoms with van der Waals surface area (Å²) in [5.41, 5.74) is 0.958. The number of benzene rings is 1. The first-order chi connectivity index (χ1) is 9.56. The minimum Gasteiger partial charge on any atom is -0.481 e. The fourth-order valence-electron chi connectivity index (χ4n) is 1.82. The highest BCUT2D eigenvalue weighted by molar-refractivity contribution is 7.18. The number of rotatable bonds is 6. The van der Waals surface area contributed by atoms with E-state index in [9.17, 15) is 9.59 Å². The van der Waals surface area contributed by atoms with Gasteiger partial charge in [0.05, 0.1) is 21.6 Å². The molecule has 0 atom stereocenters. The van der Waals surface area contributed by atoms with Crippen LogP contribution in [-0.4, -0.2) is 40.5 Å². The summed E-state index contributed by atoms with van der Waals surface area (Å²) in [5, 5.41) is 9.52. The number of carbonyl (C=O) groups excluding carboxylic acids is 1. The van der Waals surface area contributed by atoms with Crippen molar-refractivity contribution < 1.29 is 14.7 Å². The molecule has 1 N–H and O–H groups in total. The molecule has 1 amide bonds. The van der Waals surface area contributed by atoms with Crippen LogP contribution in [0.25, 0.3) is 10.2 Å².